The Labute approximate surface area is 173 Å². The summed E-state index contributed by atoms with van der Waals surface area (Å²) in [5, 5.41) is 10.7. The highest BCUT2D eigenvalue weighted by atomic mass is 127. The second-order valence-corrected chi connectivity index (χ2v) is 9.53. The van der Waals surface area contributed by atoms with Crippen LogP contribution in [0.15, 0.2) is 65.6 Å². The predicted molar refractivity (Wildman–Crippen MR) is 112 cm³/mol. The Balaban J connectivity index is 1.62. The van der Waals surface area contributed by atoms with Gasteiger partial charge in [-0.05, 0) is 17.7 Å². The molecule has 0 unspecified atom stereocenters. The van der Waals surface area contributed by atoms with Crippen LogP contribution in [-0.4, -0.2) is 48.6 Å². The molecule has 2 aromatic carbocycles. The van der Waals surface area contributed by atoms with E-state index in [0.717, 1.165) is 5.56 Å². The van der Waals surface area contributed by atoms with E-state index < -0.39 is 28.0 Å². The van der Waals surface area contributed by atoms with Crippen molar-refractivity contribution in [2.75, 3.05) is 16.8 Å². The van der Waals surface area contributed by atoms with Gasteiger partial charge in [0.2, 0.25) is 0 Å². The maximum Gasteiger partial charge on any atom is 0.178 e. The van der Waals surface area contributed by atoms with Crippen molar-refractivity contribution in [3.05, 3.63) is 66.2 Å². The number of sulfone groups is 1. The summed E-state index contributed by atoms with van der Waals surface area (Å²) in [6.45, 7) is 0.653. The van der Waals surface area contributed by atoms with Gasteiger partial charge >= 0.3 is 0 Å². The molecule has 3 rings (SSSR count). The zero-order chi connectivity index (χ0) is 19.3. The second kappa shape index (κ2) is 9.47. The van der Waals surface area contributed by atoms with E-state index in [1.807, 2.05) is 30.3 Å². The maximum atomic E-state index is 12.7. The molecule has 0 radical (unpaired) electrons. The van der Waals surface area contributed by atoms with E-state index in [-0.39, 0.29) is 23.4 Å². The molecule has 0 bridgehead atoms. The van der Waals surface area contributed by atoms with Crippen LogP contribution in [-0.2, 0) is 25.9 Å². The van der Waals surface area contributed by atoms with Crippen molar-refractivity contribution >= 4 is 32.4 Å². The third-order valence-electron chi connectivity index (χ3n) is 4.71. The van der Waals surface area contributed by atoms with Crippen LogP contribution in [0.25, 0.3) is 0 Å². The summed E-state index contributed by atoms with van der Waals surface area (Å²) < 4.78 is 37.6. The van der Waals surface area contributed by atoms with Crippen molar-refractivity contribution in [1.82, 2.24) is 0 Å². The number of aliphatic hydroxyl groups excluding tert-OH is 1. The van der Waals surface area contributed by atoms with Gasteiger partial charge in [0.25, 0.3) is 0 Å². The number of alkyl halides is 1. The average Bonchev–Trinajstić information content (AvgIpc) is 2.98. The van der Waals surface area contributed by atoms with Gasteiger partial charge in [-0.2, -0.15) is 0 Å². The minimum absolute atomic E-state index is 0.138. The van der Waals surface area contributed by atoms with Crippen molar-refractivity contribution in [3.63, 3.8) is 0 Å². The van der Waals surface area contributed by atoms with Gasteiger partial charge in [0.15, 0.2) is 9.84 Å². The highest BCUT2D eigenvalue weighted by Crippen LogP contribution is 2.31. The van der Waals surface area contributed by atoms with Gasteiger partial charge in [0, 0.05) is 10.3 Å². The lowest BCUT2D eigenvalue weighted by Gasteiger charge is -2.19. The third-order valence-corrected chi connectivity index (χ3v) is 7.39. The fraction of sp³-hybridized carbons (Fsp3) is 0.400. The topological polar surface area (TPSA) is 72.8 Å². The third kappa shape index (κ3) is 5.29. The van der Waals surface area contributed by atoms with Crippen molar-refractivity contribution in [3.8, 4) is 0 Å². The number of rotatable bonds is 8. The van der Waals surface area contributed by atoms with Gasteiger partial charge in [-0.25, -0.2) is 8.42 Å². The molecule has 4 atom stereocenters. The number of hydrogen-bond donors (Lipinski definition) is 1. The molecule has 1 aliphatic rings. The van der Waals surface area contributed by atoms with Crippen molar-refractivity contribution in [2.24, 2.45) is 5.92 Å². The Hall–Kier alpha value is -1.00. The smallest absolute Gasteiger partial charge is 0.178 e. The first-order chi connectivity index (χ1) is 13.0. The Kier molecular flexibility index (Phi) is 7.27. The minimum atomic E-state index is -3.49. The molecule has 7 heteroatoms. The van der Waals surface area contributed by atoms with Crippen LogP contribution in [0, 0.1) is 5.92 Å². The quantitative estimate of drug-likeness (QED) is 0.444. The number of halogens is 1. The predicted octanol–water partition coefficient (Wildman–Crippen LogP) is 2.86. The minimum Gasteiger partial charge on any atom is -0.390 e. The van der Waals surface area contributed by atoms with Crippen LogP contribution >= 0.6 is 22.6 Å². The van der Waals surface area contributed by atoms with E-state index in [1.54, 1.807) is 30.3 Å². The van der Waals surface area contributed by atoms with Gasteiger partial charge in [0.05, 0.1) is 36.1 Å². The molecule has 1 fully saturated rings. The Bertz CT molecular complexity index is 813. The Morgan fingerprint density at radius 2 is 1.63 bits per heavy atom. The Morgan fingerprint density at radius 3 is 2.26 bits per heavy atom. The van der Waals surface area contributed by atoms with E-state index in [9.17, 15) is 13.5 Å². The fourth-order valence-electron chi connectivity index (χ4n) is 3.24. The largest absolute Gasteiger partial charge is 0.390 e. The number of aliphatic hydroxyl groups is 1. The molecular weight excluding hydrogens is 479 g/mol. The Morgan fingerprint density at radius 1 is 1.00 bits per heavy atom. The molecule has 1 saturated heterocycles. The number of benzene rings is 2. The summed E-state index contributed by atoms with van der Waals surface area (Å²) in [6, 6.07) is 18.1. The number of hydrogen-bond acceptors (Lipinski definition) is 5. The molecule has 0 aliphatic carbocycles. The second-order valence-electron chi connectivity index (χ2n) is 6.62. The van der Waals surface area contributed by atoms with Crippen LogP contribution in [0.1, 0.15) is 5.56 Å². The first kappa shape index (κ1) is 20.7. The summed E-state index contributed by atoms with van der Waals surface area (Å²) in [4.78, 5) is 0.271. The van der Waals surface area contributed by atoms with E-state index in [4.69, 9.17) is 9.47 Å². The molecule has 0 saturated carbocycles. The lowest BCUT2D eigenvalue weighted by Crippen LogP contribution is -2.35. The summed E-state index contributed by atoms with van der Waals surface area (Å²) in [5.74, 6) is -0.612. The SMILES string of the molecule is O=S(=O)(C[C@@H]1[C@@H](O)[C@@H](COCc2ccccc2)O[C@@H]1CI)c1ccccc1. The molecule has 146 valence electrons. The highest BCUT2D eigenvalue weighted by Gasteiger charge is 2.45. The van der Waals surface area contributed by atoms with Crippen LogP contribution < -0.4 is 0 Å². The van der Waals surface area contributed by atoms with Gasteiger partial charge < -0.3 is 14.6 Å². The summed E-state index contributed by atoms with van der Waals surface area (Å²) in [6.07, 6.45) is -1.71. The van der Waals surface area contributed by atoms with Gasteiger partial charge in [0.1, 0.15) is 6.10 Å². The van der Waals surface area contributed by atoms with Crippen molar-refractivity contribution in [1.29, 1.82) is 0 Å². The maximum absolute atomic E-state index is 12.7. The van der Waals surface area contributed by atoms with Crippen LogP contribution in [0.2, 0.25) is 0 Å². The molecule has 0 aromatic heterocycles. The average molecular weight is 502 g/mol. The lowest BCUT2D eigenvalue weighted by molar-refractivity contribution is -0.0434. The van der Waals surface area contributed by atoms with E-state index in [1.165, 1.54) is 0 Å². The summed E-state index contributed by atoms with van der Waals surface area (Å²) >= 11 is 2.17. The van der Waals surface area contributed by atoms with Crippen LogP contribution in [0.3, 0.4) is 0 Å². The first-order valence-corrected chi connectivity index (χ1v) is 12.0. The zero-order valence-electron chi connectivity index (χ0n) is 14.8. The molecule has 5 nitrogen and oxygen atoms in total. The van der Waals surface area contributed by atoms with Gasteiger partial charge in [-0.1, -0.05) is 71.1 Å². The van der Waals surface area contributed by atoms with Crippen LogP contribution in [0.5, 0.6) is 0 Å². The zero-order valence-corrected chi connectivity index (χ0v) is 17.8. The standard InChI is InChI=1S/C20H23IO5S/c21-11-18-17(14-27(23,24)16-9-5-2-6-10-16)20(22)19(26-18)13-25-12-15-7-3-1-4-8-15/h1-10,17-20,22H,11-14H2/t17-,18+,19+,20+/m0/s1. The molecule has 27 heavy (non-hydrogen) atoms. The normalized spacial score (nSPS) is 25.6. The molecule has 0 amide bonds. The van der Waals surface area contributed by atoms with Gasteiger partial charge in [-0.15, -0.1) is 0 Å². The van der Waals surface area contributed by atoms with E-state index in [2.05, 4.69) is 22.6 Å². The summed E-state index contributed by atoms with van der Waals surface area (Å²) in [5.41, 5.74) is 1.04. The van der Waals surface area contributed by atoms with Crippen molar-refractivity contribution in [2.45, 2.75) is 29.8 Å². The monoisotopic (exact) mass is 502 g/mol. The fourth-order valence-corrected chi connectivity index (χ4v) is 5.78. The van der Waals surface area contributed by atoms with Crippen molar-refractivity contribution < 1.29 is 23.0 Å². The molecule has 1 N–H and O–H groups in total. The molecule has 1 aliphatic heterocycles. The van der Waals surface area contributed by atoms with E-state index in [0.29, 0.717) is 11.0 Å². The van der Waals surface area contributed by atoms with Gasteiger partial charge in [-0.3, -0.25) is 0 Å². The highest BCUT2D eigenvalue weighted by molar-refractivity contribution is 14.1. The molecule has 2 aromatic rings. The lowest BCUT2D eigenvalue weighted by atomic mass is 9.99. The van der Waals surface area contributed by atoms with E-state index >= 15 is 0 Å². The summed E-state index contributed by atoms with van der Waals surface area (Å²) in [7, 11) is -3.49. The first-order valence-electron chi connectivity index (χ1n) is 8.80. The molecular formula is C20H23IO5S. The van der Waals surface area contributed by atoms with Crippen LogP contribution in [0.4, 0.5) is 0 Å². The molecule has 1 heterocycles. The number of ether oxygens (including phenoxy) is 2. The molecule has 0 spiro atoms.